The highest BCUT2D eigenvalue weighted by Gasteiger charge is 2.43. The zero-order valence-corrected chi connectivity index (χ0v) is 14.9. The quantitative estimate of drug-likeness (QED) is 0.331. The van der Waals surface area contributed by atoms with Gasteiger partial charge >= 0.3 is 0 Å². The lowest BCUT2D eigenvalue weighted by atomic mass is 10.4. The number of halogens is 1. The van der Waals surface area contributed by atoms with Crippen LogP contribution in [0.3, 0.4) is 0 Å². The van der Waals surface area contributed by atoms with Crippen LogP contribution in [0.15, 0.2) is 52.9 Å². The summed E-state index contributed by atoms with van der Waals surface area (Å²) in [5.41, 5.74) is 0. The Labute approximate surface area is 142 Å². The summed E-state index contributed by atoms with van der Waals surface area (Å²) in [6, 6.07) is 10.6. The summed E-state index contributed by atoms with van der Waals surface area (Å²) in [5.74, 6) is 0.847. The highest BCUT2D eigenvalue weighted by molar-refractivity contribution is 14.0. The molecule has 0 radical (unpaired) electrons. The number of benzene rings is 1. The van der Waals surface area contributed by atoms with E-state index in [0.29, 0.717) is 4.75 Å². The molecule has 0 spiro atoms. The van der Waals surface area contributed by atoms with E-state index in [1.54, 1.807) is 7.05 Å². The van der Waals surface area contributed by atoms with Gasteiger partial charge in [0.2, 0.25) is 0 Å². The zero-order chi connectivity index (χ0) is 13.6. The number of aliphatic imine (C=N–C) groups is 1. The molecule has 0 saturated heterocycles. The maximum Gasteiger partial charge on any atom is 0.191 e. The summed E-state index contributed by atoms with van der Waals surface area (Å²) in [4.78, 5) is 5.54. The van der Waals surface area contributed by atoms with E-state index in [0.717, 1.165) is 19.0 Å². The van der Waals surface area contributed by atoms with Crippen LogP contribution in [0.1, 0.15) is 12.8 Å². The monoisotopic (exact) mass is 403 g/mol. The first-order valence-electron chi connectivity index (χ1n) is 6.57. The average Bonchev–Trinajstić information content (AvgIpc) is 3.20. The van der Waals surface area contributed by atoms with E-state index >= 15 is 0 Å². The Morgan fingerprint density at radius 1 is 1.35 bits per heavy atom. The molecule has 1 fully saturated rings. The lowest BCUT2D eigenvalue weighted by Crippen LogP contribution is -2.41. The molecule has 1 aromatic rings. The van der Waals surface area contributed by atoms with Gasteiger partial charge in [0.1, 0.15) is 0 Å². The topological polar surface area (TPSA) is 36.4 Å². The van der Waals surface area contributed by atoms with Crippen LogP contribution in [-0.4, -0.2) is 30.8 Å². The van der Waals surface area contributed by atoms with E-state index in [2.05, 4.69) is 52.5 Å². The number of nitrogens with zero attached hydrogens (tertiary/aromatic N) is 1. The van der Waals surface area contributed by atoms with Crippen molar-refractivity contribution >= 4 is 41.7 Å². The summed E-state index contributed by atoms with van der Waals surface area (Å²) in [7, 11) is 1.79. The van der Waals surface area contributed by atoms with Crippen molar-refractivity contribution in [3.63, 3.8) is 0 Å². The largest absolute Gasteiger partial charge is 0.355 e. The molecule has 5 heteroatoms. The molecule has 0 aliphatic heterocycles. The van der Waals surface area contributed by atoms with E-state index in [9.17, 15) is 0 Å². The molecule has 1 saturated carbocycles. The molecule has 1 aliphatic rings. The maximum atomic E-state index is 4.20. The Morgan fingerprint density at radius 3 is 2.60 bits per heavy atom. The Kier molecular flexibility index (Phi) is 7.43. The number of nitrogens with one attached hydrogen (secondary N) is 2. The minimum atomic E-state index is 0. The van der Waals surface area contributed by atoms with Crippen LogP contribution in [0.4, 0.5) is 0 Å². The van der Waals surface area contributed by atoms with Gasteiger partial charge in [-0.3, -0.25) is 4.99 Å². The van der Waals surface area contributed by atoms with Crippen molar-refractivity contribution in [2.24, 2.45) is 4.99 Å². The Bertz CT molecular complexity index is 444. The first-order chi connectivity index (χ1) is 9.28. The molecule has 0 unspecified atom stereocenters. The van der Waals surface area contributed by atoms with Crippen molar-refractivity contribution in [3.05, 3.63) is 43.0 Å². The minimum Gasteiger partial charge on any atom is -0.355 e. The normalized spacial score (nSPS) is 15.9. The predicted molar refractivity (Wildman–Crippen MR) is 99.2 cm³/mol. The highest BCUT2D eigenvalue weighted by Crippen LogP contribution is 2.51. The third kappa shape index (κ3) is 5.36. The smallest absolute Gasteiger partial charge is 0.191 e. The van der Waals surface area contributed by atoms with Gasteiger partial charge < -0.3 is 10.6 Å². The molecular formula is C15H22IN3S. The van der Waals surface area contributed by atoms with Gasteiger partial charge in [0.25, 0.3) is 0 Å². The lowest BCUT2D eigenvalue weighted by Gasteiger charge is -2.17. The molecule has 1 aliphatic carbocycles. The van der Waals surface area contributed by atoms with Crippen molar-refractivity contribution in [2.45, 2.75) is 22.5 Å². The van der Waals surface area contributed by atoms with Gasteiger partial charge in [0, 0.05) is 29.8 Å². The average molecular weight is 403 g/mol. The van der Waals surface area contributed by atoms with Gasteiger partial charge in [-0.05, 0) is 25.0 Å². The van der Waals surface area contributed by atoms with Crippen molar-refractivity contribution in [2.75, 3.05) is 20.1 Å². The Hall–Kier alpha value is -0.690. The fourth-order valence-corrected chi connectivity index (χ4v) is 3.07. The molecule has 20 heavy (non-hydrogen) atoms. The van der Waals surface area contributed by atoms with Crippen molar-refractivity contribution in [3.8, 4) is 0 Å². The zero-order valence-electron chi connectivity index (χ0n) is 11.8. The van der Waals surface area contributed by atoms with E-state index in [1.807, 2.05) is 17.8 Å². The molecular weight excluding hydrogens is 381 g/mol. The number of hydrogen-bond donors (Lipinski definition) is 2. The molecule has 110 valence electrons. The van der Waals surface area contributed by atoms with Crippen LogP contribution in [0, 0.1) is 0 Å². The third-order valence-electron chi connectivity index (χ3n) is 3.10. The van der Waals surface area contributed by atoms with E-state index < -0.39 is 0 Å². The standard InChI is InChI=1S/C15H21N3S.HI/c1-3-11-17-14(16-2)18-12-15(9-10-15)19-13-7-5-4-6-8-13;/h3-8H,1,9-12H2,2H3,(H2,16,17,18);1H. The number of hydrogen-bond acceptors (Lipinski definition) is 2. The van der Waals surface area contributed by atoms with Crippen LogP contribution in [0.5, 0.6) is 0 Å². The van der Waals surface area contributed by atoms with E-state index in [1.165, 1.54) is 17.7 Å². The first-order valence-corrected chi connectivity index (χ1v) is 7.39. The SMILES string of the molecule is C=CCNC(=NC)NCC1(Sc2ccccc2)CC1.I. The molecule has 1 aromatic carbocycles. The van der Waals surface area contributed by atoms with Crippen LogP contribution in [0.25, 0.3) is 0 Å². The summed E-state index contributed by atoms with van der Waals surface area (Å²) in [5, 5.41) is 6.59. The molecule has 0 amide bonds. The van der Waals surface area contributed by atoms with Crippen molar-refractivity contribution in [1.29, 1.82) is 0 Å². The molecule has 0 aromatic heterocycles. The highest BCUT2D eigenvalue weighted by atomic mass is 127. The van der Waals surface area contributed by atoms with Gasteiger partial charge in [-0.15, -0.1) is 42.3 Å². The van der Waals surface area contributed by atoms with Gasteiger partial charge in [0.05, 0.1) is 0 Å². The van der Waals surface area contributed by atoms with Crippen LogP contribution in [-0.2, 0) is 0 Å². The maximum absolute atomic E-state index is 4.20. The molecule has 2 N–H and O–H groups in total. The molecule has 3 nitrogen and oxygen atoms in total. The lowest BCUT2D eigenvalue weighted by molar-refractivity contribution is 0.784. The second-order valence-electron chi connectivity index (χ2n) is 4.69. The fraction of sp³-hybridized carbons (Fsp3) is 0.400. The number of rotatable bonds is 6. The minimum absolute atomic E-state index is 0. The molecule has 2 rings (SSSR count). The predicted octanol–water partition coefficient (Wildman–Crippen LogP) is 3.28. The van der Waals surface area contributed by atoms with Crippen LogP contribution >= 0.6 is 35.7 Å². The first kappa shape index (κ1) is 17.4. The summed E-state index contributed by atoms with van der Waals surface area (Å²) in [6.45, 7) is 5.38. The third-order valence-corrected chi connectivity index (χ3v) is 4.59. The van der Waals surface area contributed by atoms with Crippen molar-refractivity contribution < 1.29 is 0 Å². The molecule has 0 heterocycles. The van der Waals surface area contributed by atoms with Gasteiger partial charge in [-0.2, -0.15) is 0 Å². The van der Waals surface area contributed by atoms with Gasteiger partial charge in [-0.1, -0.05) is 24.3 Å². The number of thioether (sulfide) groups is 1. The fourth-order valence-electron chi connectivity index (χ4n) is 1.83. The van der Waals surface area contributed by atoms with E-state index in [-0.39, 0.29) is 24.0 Å². The van der Waals surface area contributed by atoms with Crippen LogP contribution < -0.4 is 10.6 Å². The molecule has 0 bridgehead atoms. The van der Waals surface area contributed by atoms with Gasteiger partial charge in [-0.25, -0.2) is 0 Å². The van der Waals surface area contributed by atoms with E-state index in [4.69, 9.17) is 0 Å². The second kappa shape index (κ2) is 8.56. The van der Waals surface area contributed by atoms with Gasteiger partial charge in [0.15, 0.2) is 5.96 Å². The summed E-state index contributed by atoms with van der Waals surface area (Å²) >= 11 is 1.97. The summed E-state index contributed by atoms with van der Waals surface area (Å²) < 4.78 is 0.340. The Morgan fingerprint density at radius 2 is 2.05 bits per heavy atom. The second-order valence-corrected chi connectivity index (χ2v) is 6.24. The molecule has 0 atom stereocenters. The Balaban J connectivity index is 0.00000200. The van der Waals surface area contributed by atoms with Crippen LogP contribution in [0.2, 0.25) is 0 Å². The summed E-state index contributed by atoms with van der Waals surface area (Å²) in [6.07, 6.45) is 4.36. The van der Waals surface area contributed by atoms with Crippen molar-refractivity contribution in [1.82, 2.24) is 10.6 Å². The number of guanidine groups is 1.